The first kappa shape index (κ1) is 14.7. The number of amides is 2. The lowest BCUT2D eigenvalue weighted by molar-refractivity contribution is 0.101. The molecular weight excluding hydrogens is 242 g/mol. The summed E-state index contributed by atoms with van der Waals surface area (Å²) in [7, 11) is 0. The molecule has 0 aromatic heterocycles. The molecule has 0 bridgehead atoms. The topological polar surface area (TPSA) is 82.0 Å². The summed E-state index contributed by atoms with van der Waals surface area (Å²) in [5.74, 6) is -0.0245. The Hall–Kier alpha value is -2.35. The third-order valence-electron chi connectivity index (χ3n) is 2.59. The number of rotatable bonds is 5. The summed E-state index contributed by atoms with van der Waals surface area (Å²) in [4.78, 5) is 22.7. The van der Waals surface area contributed by atoms with E-state index in [0.29, 0.717) is 17.7 Å². The van der Waals surface area contributed by atoms with Crippen LogP contribution in [0.15, 0.2) is 24.3 Å². The number of ketones is 1. The summed E-state index contributed by atoms with van der Waals surface area (Å²) in [6.07, 6.45) is 1.44. The Morgan fingerprint density at radius 2 is 1.95 bits per heavy atom. The third kappa shape index (κ3) is 4.80. The first-order valence-corrected chi connectivity index (χ1v) is 6.15. The molecule has 1 atom stereocenters. The molecular formula is C14H17N3O2. The molecule has 5 nitrogen and oxygen atoms in total. The van der Waals surface area contributed by atoms with E-state index in [-0.39, 0.29) is 5.78 Å². The summed E-state index contributed by atoms with van der Waals surface area (Å²) in [5.41, 5.74) is 1.17. The monoisotopic (exact) mass is 259 g/mol. The van der Waals surface area contributed by atoms with Crippen LogP contribution < -0.4 is 10.6 Å². The predicted molar refractivity (Wildman–Crippen MR) is 72.9 cm³/mol. The predicted octanol–water partition coefficient (Wildman–Crippen LogP) is 2.70. The van der Waals surface area contributed by atoms with Crippen molar-refractivity contribution in [3.05, 3.63) is 29.8 Å². The number of urea groups is 1. The second kappa shape index (κ2) is 7.17. The number of nitriles is 1. The number of hydrogen-bond donors (Lipinski definition) is 2. The van der Waals surface area contributed by atoms with Crippen molar-refractivity contribution >= 4 is 17.5 Å². The van der Waals surface area contributed by atoms with E-state index >= 15 is 0 Å². The smallest absolute Gasteiger partial charge is 0.320 e. The lowest BCUT2D eigenvalue weighted by Crippen LogP contribution is -2.36. The van der Waals surface area contributed by atoms with E-state index in [9.17, 15) is 9.59 Å². The van der Waals surface area contributed by atoms with Gasteiger partial charge in [0.1, 0.15) is 6.04 Å². The van der Waals surface area contributed by atoms with Gasteiger partial charge in [0.15, 0.2) is 5.78 Å². The van der Waals surface area contributed by atoms with Gasteiger partial charge in [0.25, 0.3) is 0 Å². The van der Waals surface area contributed by atoms with Crippen molar-refractivity contribution in [2.75, 3.05) is 5.32 Å². The van der Waals surface area contributed by atoms with Crippen LogP contribution in [0.3, 0.4) is 0 Å². The number of hydrogen-bond acceptors (Lipinski definition) is 3. The largest absolute Gasteiger partial charge is 0.322 e. The van der Waals surface area contributed by atoms with Crippen molar-refractivity contribution in [3.8, 4) is 6.07 Å². The molecule has 2 amide bonds. The van der Waals surface area contributed by atoms with E-state index in [1.807, 2.05) is 13.0 Å². The number of nitrogens with one attached hydrogen (secondary N) is 2. The van der Waals surface area contributed by atoms with Crippen LogP contribution in [0.5, 0.6) is 0 Å². The molecule has 0 aliphatic carbocycles. The van der Waals surface area contributed by atoms with Crippen LogP contribution in [0.1, 0.15) is 37.0 Å². The summed E-state index contributed by atoms with van der Waals surface area (Å²) in [6.45, 7) is 3.43. The highest BCUT2D eigenvalue weighted by atomic mass is 16.2. The van der Waals surface area contributed by atoms with Gasteiger partial charge >= 0.3 is 6.03 Å². The first-order valence-electron chi connectivity index (χ1n) is 6.15. The van der Waals surface area contributed by atoms with Crippen LogP contribution in [0.4, 0.5) is 10.5 Å². The zero-order valence-corrected chi connectivity index (χ0v) is 11.1. The maximum atomic E-state index is 11.6. The summed E-state index contributed by atoms with van der Waals surface area (Å²) in [6, 6.07) is 7.71. The number of carbonyl (C=O) groups is 2. The number of nitrogens with zero attached hydrogens (tertiary/aromatic N) is 1. The molecule has 0 aliphatic heterocycles. The summed E-state index contributed by atoms with van der Waals surface area (Å²) in [5, 5.41) is 14.0. The first-order chi connectivity index (χ1) is 9.06. The molecule has 1 aromatic rings. The van der Waals surface area contributed by atoms with Gasteiger partial charge in [0.2, 0.25) is 0 Å². The van der Waals surface area contributed by atoms with Crippen LogP contribution >= 0.6 is 0 Å². The Balaban J connectivity index is 2.57. The van der Waals surface area contributed by atoms with Crippen LogP contribution in [0, 0.1) is 11.3 Å². The summed E-state index contributed by atoms with van der Waals surface area (Å²) < 4.78 is 0. The van der Waals surface area contributed by atoms with Crippen LogP contribution in [-0.2, 0) is 0 Å². The highest BCUT2D eigenvalue weighted by Gasteiger charge is 2.10. The summed E-state index contributed by atoms with van der Waals surface area (Å²) >= 11 is 0. The fourth-order valence-corrected chi connectivity index (χ4v) is 1.57. The maximum absolute atomic E-state index is 11.6. The minimum Gasteiger partial charge on any atom is -0.322 e. The van der Waals surface area contributed by atoms with Gasteiger partial charge in [0, 0.05) is 11.3 Å². The normalized spacial score (nSPS) is 11.2. The fourth-order valence-electron chi connectivity index (χ4n) is 1.57. The van der Waals surface area contributed by atoms with E-state index in [1.165, 1.54) is 6.92 Å². The molecule has 0 aliphatic rings. The second-order valence-corrected chi connectivity index (χ2v) is 4.20. The minimum absolute atomic E-state index is 0.0245. The standard InChI is InChI=1S/C14H17N3O2/c1-3-4-13(9-15)17-14(19)16-12-7-5-11(6-8-12)10(2)18/h5-8,13H,3-4H2,1-2H3,(H2,16,17,19). The lowest BCUT2D eigenvalue weighted by atomic mass is 10.1. The van der Waals surface area contributed by atoms with Gasteiger partial charge < -0.3 is 10.6 Å². The van der Waals surface area contributed by atoms with Crippen LogP contribution in [-0.4, -0.2) is 17.9 Å². The minimum atomic E-state index is -0.485. The van der Waals surface area contributed by atoms with Crippen LogP contribution in [0.25, 0.3) is 0 Å². The number of carbonyl (C=O) groups excluding carboxylic acids is 2. The Morgan fingerprint density at radius 1 is 1.32 bits per heavy atom. The molecule has 0 fully saturated rings. The van der Waals surface area contributed by atoms with E-state index in [4.69, 9.17) is 5.26 Å². The fraction of sp³-hybridized carbons (Fsp3) is 0.357. The molecule has 1 unspecified atom stereocenters. The number of benzene rings is 1. The molecule has 5 heteroatoms. The molecule has 0 saturated heterocycles. The van der Waals surface area contributed by atoms with Crippen molar-refractivity contribution in [2.45, 2.75) is 32.7 Å². The third-order valence-corrected chi connectivity index (χ3v) is 2.59. The van der Waals surface area contributed by atoms with Crippen molar-refractivity contribution in [3.63, 3.8) is 0 Å². The lowest BCUT2D eigenvalue weighted by Gasteiger charge is -2.11. The van der Waals surface area contributed by atoms with Crippen molar-refractivity contribution in [2.24, 2.45) is 0 Å². The second-order valence-electron chi connectivity index (χ2n) is 4.20. The Kier molecular flexibility index (Phi) is 5.55. The molecule has 100 valence electrons. The number of Topliss-reactive ketones (excluding diaryl/α,β-unsaturated/α-hetero) is 1. The molecule has 1 rings (SSSR count). The van der Waals surface area contributed by atoms with E-state index < -0.39 is 12.1 Å². The van der Waals surface area contributed by atoms with Crippen LogP contribution in [0.2, 0.25) is 0 Å². The number of anilines is 1. The zero-order valence-electron chi connectivity index (χ0n) is 11.1. The Bertz CT molecular complexity index is 488. The molecule has 0 radical (unpaired) electrons. The van der Waals surface area contributed by atoms with Crippen molar-refractivity contribution in [1.29, 1.82) is 5.26 Å². The average molecular weight is 259 g/mol. The highest BCUT2D eigenvalue weighted by Crippen LogP contribution is 2.10. The van der Waals surface area contributed by atoms with Gasteiger partial charge in [0.05, 0.1) is 6.07 Å². The molecule has 0 spiro atoms. The zero-order chi connectivity index (χ0) is 14.3. The highest BCUT2D eigenvalue weighted by molar-refractivity contribution is 5.95. The molecule has 0 saturated carbocycles. The molecule has 1 aromatic carbocycles. The van der Waals surface area contributed by atoms with Crippen molar-refractivity contribution in [1.82, 2.24) is 5.32 Å². The SMILES string of the molecule is CCCC(C#N)NC(=O)Nc1ccc(C(C)=O)cc1. The van der Waals surface area contributed by atoms with E-state index in [1.54, 1.807) is 24.3 Å². The molecule has 0 heterocycles. The van der Waals surface area contributed by atoms with E-state index in [2.05, 4.69) is 10.6 Å². The van der Waals surface area contributed by atoms with Gasteiger partial charge in [-0.1, -0.05) is 13.3 Å². The van der Waals surface area contributed by atoms with Gasteiger partial charge in [-0.05, 0) is 37.6 Å². The Labute approximate surface area is 112 Å². The average Bonchev–Trinajstić information content (AvgIpc) is 2.38. The van der Waals surface area contributed by atoms with E-state index in [0.717, 1.165) is 6.42 Å². The molecule has 19 heavy (non-hydrogen) atoms. The maximum Gasteiger partial charge on any atom is 0.320 e. The molecule has 2 N–H and O–H groups in total. The van der Waals surface area contributed by atoms with Crippen molar-refractivity contribution < 1.29 is 9.59 Å². The van der Waals surface area contributed by atoms with Gasteiger partial charge in [-0.25, -0.2) is 4.79 Å². The van der Waals surface area contributed by atoms with Gasteiger partial charge in [-0.2, -0.15) is 5.26 Å². The Morgan fingerprint density at radius 3 is 2.42 bits per heavy atom. The quantitative estimate of drug-likeness (QED) is 0.797. The van der Waals surface area contributed by atoms with Gasteiger partial charge in [-0.3, -0.25) is 4.79 Å². The van der Waals surface area contributed by atoms with Gasteiger partial charge in [-0.15, -0.1) is 0 Å².